The zero-order valence-corrected chi connectivity index (χ0v) is 23.0. The molecule has 2 saturated heterocycles. The number of likely N-dealkylation sites (tertiary alicyclic amines) is 1. The third kappa shape index (κ3) is 5.96. The van der Waals surface area contributed by atoms with E-state index in [0.29, 0.717) is 63.0 Å². The number of fused-ring (bicyclic) bond motifs is 1. The predicted molar refractivity (Wildman–Crippen MR) is 147 cm³/mol. The first-order valence-corrected chi connectivity index (χ1v) is 13.7. The lowest BCUT2D eigenvalue weighted by molar-refractivity contribution is -0.128. The zero-order chi connectivity index (χ0) is 27.5. The van der Waals surface area contributed by atoms with Gasteiger partial charge in [-0.05, 0) is 56.3 Å². The Hall–Kier alpha value is -3.39. The molecule has 3 aliphatic heterocycles. The number of rotatable bonds is 8. The normalized spacial score (nSPS) is 21.6. The predicted octanol–water partition coefficient (Wildman–Crippen LogP) is 2.94. The van der Waals surface area contributed by atoms with Crippen LogP contribution in [0.2, 0.25) is 5.02 Å². The average Bonchev–Trinajstić information content (AvgIpc) is 3.53. The molecule has 11 heteroatoms. The number of phenolic OH excluding ortho intramolecular Hbond substituents is 1. The summed E-state index contributed by atoms with van der Waals surface area (Å²) in [6, 6.07) is 7.61. The maximum absolute atomic E-state index is 12.4. The van der Waals surface area contributed by atoms with E-state index in [2.05, 4.69) is 34.4 Å². The van der Waals surface area contributed by atoms with Crippen molar-refractivity contribution in [2.24, 2.45) is 0 Å². The summed E-state index contributed by atoms with van der Waals surface area (Å²) in [5.74, 6) is 0.796. The number of carbonyl (C=O) groups excluding carboxylic acids is 1. The Labute approximate surface area is 234 Å². The number of halogens is 1. The van der Waals surface area contributed by atoms with Crippen molar-refractivity contribution in [3.8, 4) is 17.8 Å². The SMILES string of the molecule is C=CC(=O)N1CCN(c2nc(OCC3CCCN3C)nc3c2CN(Cc2cc(O)ccc2Cl)C3)CC1CC#N. The maximum atomic E-state index is 12.4. The van der Waals surface area contributed by atoms with Crippen molar-refractivity contribution in [1.82, 2.24) is 24.7 Å². The highest BCUT2D eigenvalue weighted by Gasteiger charge is 2.34. The molecule has 10 nitrogen and oxygen atoms in total. The molecule has 39 heavy (non-hydrogen) atoms. The van der Waals surface area contributed by atoms with Crippen LogP contribution in [0.3, 0.4) is 0 Å². The van der Waals surface area contributed by atoms with Gasteiger partial charge in [0, 0.05) is 55.9 Å². The molecule has 0 aliphatic carbocycles. The molecule has 1 N–H and O–H groups in total. The largest absolute Gasteiger partial charge is 0.508 e. The minimum absolute atomic E-state index is 0.165. The molecule has 0 bridgehead atoms. The van der Waals surface area contributed by atoms with Crippen molar-refractivity contribution >= 4 is 23.3 Å². The topological polar surface area (TPSA) is 109 Å². The second-order valence-corrected chi connectivity index (χ2v) is 10.9. The number of hydrogen-bond donors (Lipinski definition) is 1. The standard InChI is InChI=1S/C28H34ClN7O3/c1-3-26(38)36-12-11-35(15-20(36)8-9-30)27-23-16-34(14-19-13-22(37)6-7-24(19)29)17-25(23)31-28(32-27)39-18-21-5-4-10-33(21)2/h3,6-7,13,20-21,37H,1,4-5,8,10-12,14-18H2,2H3. The number of nitrogens with zero attached hydrogens (tertiary/aromatic N) is 7. The Bertz CT molecular complexity index is 1280. The molecule has 4 heterocycles. The molecule has 2 unspecified atom stereocenters. The van der Waals surface area contributed by atoms with E-state index in [4.69, 9.17) is 26.3 Å². The van der Waals surface area contributed by atoms with Gasteiger partial charge in [-0.15, -0.1) is 0 Å². The van der Waals surface area contributed by atoms with Crippen molar-refractivity contribution in [3.05, 3.63) is 52.7 Å². The molecule has 3 aliphatic rings. The number of aromatic hydroxyl groups is 1. The summed E-state index contributed by atoms with van der Waals surface area (Å²) in [4.78, 5) is 30.5. The van der Waals surface area contributed by atoms with Crippen LogP contribution in [0.15, 0.2) is 30.9 Å². The van der Waals surface area contributed by atoms with Gasteiger partial charge >= 0.3 is 6.01 Å². The molecule has 1 aromatic carbocycles. The number of amides is 1. The van der Waals surface area contributed by atoms with Gasteiger partial charge in [0.1, 0.15) is 18.2 Å². The van der Waals surface area contributed by atoms with Crippen LogP contribution in [-0.4, -0.2) is 87.6 Å². The zero-order valence-electron chi connectivity index (χ0n) is 22.2. The minimum atomic E-state index is -0.264. The molecule has 0 spiro atoms. The number of carbonyl (C=O) groups is 1. The number of likely N-dealkylation sites (N-methyl/N-ethyl adjacent to an activating group) is 1. The molecular formula is C28H34ClN7O3. The number of ether oxygens (including phenoxy) is 1. The third-order valence-corrected chi connectivity index (χ3v) is 8.24. The number of phenols is 1. The fourth-order valence-corrected chi connectivity index (χ4v) is 5.91. The quantitative estimate of drug-likeness (QED) is 0.495. The molecule has 1 aromatic heterocycles. The fraction of sp³-hybridized carbons (Fsp3) is 0.500. The molecule has 0 radical (unpaired) electrons. The molecule has 5 rings (SSSR count). The van der Waals surface area contributed by atoms with Crippen molar-refractivity contribution in [2.45, 2.75) is 51.0 Å². The summed E-state index contributed by atoms with van der Waals surface area (Å²) in [5, 5.41) is 20.0. The summed E-state index contributed by atoms with van der Waals surface area (Å²) < 4.78 is 6.16. The van der Waals surface area contributed by atoms with Gasteiger partial charge in [-0.25, -0.2) is 0 Å². The summed E-state index contributed by atoms with van der Waals surface area (Å²) in [7, 11) is 2.11. The maximum Gasteiger partial charge on any atom is 0.318 e. The fourth-order valence-electron chi connectivity index (χ4n) is 5.74. The van der Waals surface area contributed by atoms with Gasteiger partial charge in [-0.3, -0.25) is 9.69 Å². The summed E-state index contributed by atoms with van der Waals surface area (Å²) in [6.45, 7) is 8.49. The van der Waals surface area contributed by atoms with Crippen LogP contribution in [0.5, 0.6) is 11.8 Å². The first-order chi connectivity index (χ1) is 18.9. The second kappa shape index (κ2) is 11.8. The van der Waals surface area contributed by atoms with Gasteiger partial charge in [-0.1, -0.05) is 18.2 Å². The highest BCUT2D eigenvalue weighted by atomic mass is 35.5. The van der Waals surface area contributed by atoms with E-state index in [1.807, 2.05) is 0 Å². The molecule has 2 aromatic rings. The lowest BCUT2D eigenvalue weighted by Gasteiger charge is -2.41. The van der Waals surface area contributed by atoms with Crippen LogP contribution in [0.25, 0.3) is 0 Å². The number of hydrogen-bond acceptors (Lipinski definition) is 9. The second-order valence-electron chi connectivity index (χ2n) is 10.5. The van der Waals surface area contributed by atoms with Crippen LogP contribution in [0.1, 0.15) is 36.1 Å². The van der Waals surface area contributed by atoms with Gasteiger partial charge in [0.15, 0.2) is 0 Å². The number of aromatic nitrogens is 2. The molecule has 206 valence electrons. The van der Waals surface area contributed by atoms with Crippen LogP contribution >= 0.6 is 11.6 Å². The monoisotopic (exact) mass is 551 g/mol. The molecule has 2 atom stereocenters. The Balaban J connectivity index is 1.41. The lowest BCUT2D eigenvalue weighted by atomic mass is 10.1. The minimum Gasteiger partial charge on any atom is -0.508 e. The number of nitriles is 1. The van der Waals surface area contributed by atoms with E-state index < -0.39 is 0 Å². The van der Waals surface area contributed by atoms with E-state index in [0.717, 1.165) is 42.0 Å². The Morgan fingerprint density at radius 1 is 1.28 bits per heavy atom. The summed E-state index contributed by atoms with van der Waals surface area (Å²) in [6.07, 6.45) is 3.77. The van der Waals surface area contributed by atoms with Crippen molar-refractivity contribution in [2.75, 3.05) is 44.7 Å². The van der Waals surface area contributed by atoms with Crippen molar-refractivity contribution < 1.29 is 14.6 Å². The van der Waals surface area contributed by atoms with E-state index >= 15 is 0 Å². The Kier molecular flexibility index (Phi) is 8.21. The number of benzene rings is 1. The van der Waals surface area contributed by atoms with Crippen molar-refractivity contribution in [3.63, 3.8) is 0 Å². The highest BCUT2D eigenvalue weighted by Crippen LogP contribution is 2.34. The Morgan fingerprint density at radius 3 is 2.87 bits per heavy atom. The van der Waals surface area contributed by atoms with Gasteiger partial charge in [0.2, 0.25) is 5.91 Å². The molecule has 0 saturated carbocycles. The Morgan fingerprint density at radius 2 is 2.13 bits per heavy atom. The molecule has 1 amide bonds. The first kappa shape index (κ1) is 27.2. The smallest absolute Gasteiger partial charge is 0.318 e. The molecule has 2 fully saturated rings. The van der Waals surface area contributed by atoms with Gasteiger partial charge < -0.3 is 24.5 Å². The van der Waals surface area contributed by atoms with E-state index in [1.165, 1.54) is 6.08 Å². The van der Waals surface area contributed by atoms with Crippen molar-refractivity contribution in [1.29, 1.82) is 5.26 Å². The number of anilines is 1. The number of piperazine rings is 1. The van der Waals surface area contributed by atoms with Gasteiger partial charge in [-0.2, -0.15) is 15.2 Å². The van der Waals surface area contributed by atoms with E-state index in [1.54, 1.807) is 23.1 Å². The average molecular weight is 552 g/mol. The van der Waals surface area contributed by atoms with E-state index in [-0.39, 0.29) is 24.1 Å². The van der Waals surface area contributed by atoms with Crippen LogP contribution < -0.4 is 9.64 Å². The lowest BCUT2D eigenvalue weighted by Crippen LogP contribution is -2.55. The highest BCUT2D eigenvalue weighted by molar-refractivity contribution is 6.31. The summed E-state index contributed by atoms with van der Waals surface area (Å²) >= 11 is 6.41. The van der Waals surface area contributed by atoms with E-state index in [9.17, 15) is 15.2 Å². The summed E-state index contributed by atoms with van der Waals surface area (Å²) in [5.41, 5.74) is 2.74. The van der Waals surface area contributed by atoms with Crippen LogP contribution in [0, 0.1) is 11.3 Å². The third-order valence-electron chi connectivity index (χ3n) is 7.87. The van der Waals surface area contributed by atoms with Crippen LogP contribution in [-0.2, 0) is 24.4 Å². The van der Waals surface area contributed by atoms with Gasteiger partial charge in [0.05, 0.1) is 24.2 Å². The molecular weight excluding hydrogens is 518 g/mol. The van der Waals surface area contributed by atoms with Crippen LogP contribution in [0.4, 0.5) is 5.82 Å². The first-order valence-electron chi connectivity index (χ1n) is 13.3. The van der Waals surface area contributed by atoms with Gasteiger partial charge in [0.25, 0.3) is 0 Å².